The van der Waals surface area contributed by atoms with Gasteiger partial charge in [-0.3, -0.25) is 9.98 Å². The molecule has 1 atom stereocenters. The fourth-order valence-electron chi connectivity index (χ4n) is 1.75. The van der Waals surface area contributed by atoms with Crippen molar-refractivity contribution in [2.24, 2.45) is 21.5 Å². The third kappa shape index (κ3) is 5.70. The lowest BCUT2D eigenvalue weighted by Crippen LogP contribution is -2.00. The lowest BCUT2D eigenvalue weighted by Gasteiger charge is -2.08. The number of methoxy groups -OCH3 is 2. The molecule has 0 bridgehead atoms. The molecule has 0 aliphatic heterocycles. The summed E-state index contributed by atoms with van der Waals surface area (Å²) < 4.78 is 10.5. The molecule has 0 heterocycles. The van der Waals surface area contributed by atoms with Gasteiger partial charge in [0.2, 0.25) is 0 Å². The van der Waals surface area contributed by atoms with Crippen LogP contribution in [0.1, 0.15) is 5.56 Å². The maximum Gasteiger partial charge on any atom is 0.161 e. The van der Waals surface area contributed by atoms with E-state index in [-0.39, 0.29) is 6.04 Å². The van der Waals surface area contributed by atoms with Crippen molar-refractivity contribution in [2.75, 3.05) is 20.8 Å². The predicted molar refractivity (Wildman–Crippen MR) is 91.7 cm³/mol. The first-order chi connectivity index (χ1) is 10.7. The normalized spacial score (nSPS) is 13.5. The average Bonchev–Trinajstić information content (AvgIpc) is 2.56. The van der Waals surface area contributed by atoms with Crippen LogP contribution in [0.15, 0.2) is 46.4 Å². The lowest BCUT2D eigenvalue weighted by molar-refractivity contribution is 0.355. The molecular formula is C16H22N4O2. The number of aliphatic imine (C=N–C) groups is 2. The van der Waals surface area contributed by atoms with E-state index in [1.807, 2.05) is 42.5 Å². The van der Waals surface area contributed by atoms with Gasteiger partial charge in [-0.1, -0.05) is 30.4 Å². The third-order valence-corrected chi connectivity index (χ3v) is 2.80. The highest BCUT2D eigenvalue weighted by molar-refractivity contribution is 5.58. The molecule has 22 heavy (non-hydrogen) atoms. The first kappa shape index (κ1) is 17.3. The van der Waals surface area contributed by atoms with E-state index in [1.54, 1.807) is 14.2 Å². The molecule has 0 aromatic heterocycles. The van der Waals surface area contributed by atoms with E-state index >= 15 is 0 Å². The summed E-state index contributed by atoms with van der Waals surface area (Å²) in [5.74, 6) is 1.37. The zero-order valence-corrected chi connectivity index (χ0v) is 12.8. The molecule has 4 N–H and O–H groups in total. The number of rotatable bonds is 8. The Bertz CT molecular complexity index is 565. The Labute approximate surface area is 130 Å². The summed E-state index contributed by atoms with van der Waals surface area (Å²) in [6.07, 6.45) is 10.2. The number of nitrogens with two attached hydrogens (primary N) is 2. The van der Waals surface area contributed by atoms with E-state index in [9.17, 15) is 0 Å². The van der Waals surface area contributed by atoms with Gasteiger partial charge >= 0.3 is 0 Å². The van der Waals surface area contributed by atoms with Crippen LogP contribution in [0.2, 0.25) is 0 Å². The van der Waals surface area contributed by atoms with Crippen LogP contribution in [0.5, 0.6) is 11.5 Å². The van der Waals surface area contributed by atoms with Gasteiger partial charge in [-0.2, -0.15) is 0 Å². The number of ether oxygens (including phenoxy) is 2. The number of nitrogens with zero attached hydrogens (tertiary/aromatic N) is 2. The highest BCUT2D eigenvalue weighted by Gasteiger charge is 2.03. The maximum absolute atomic E-state index is 5.37. The van der Waals surface area contributed by atoms with Crippen molar-refractivity contribution in [3.05, 3.63) is 42.0 Å². The van der Waals surface area contributed by atoms with Gasteiger partial charge in [0.1, 0.15) is 0 Å². The molecule has 6 heteroatoms. The molecule has 6 nitrogen and oxygen atoms in total. The smallest absolute Gasteiger partial charge is 0.161 e. The highest BCUT2D eigenvalue weighted by atomic mass is 16.5. The Kier molecular flexibility index (Phi) is 7.89. The third-order valence-electron chi connectivity index (χ3n) is 2.80. The summed E-state index contributed by atoms with van der Waals surface area (Å²) in [5.41, 5.74) is 11.5. The van der Waals surface area contributed by atoms with Crippen molar-refractivity contribution in [3.8, 4) is 11.5 Å². The summed E-state index contributed by atoms with van der Waals surface area (Å²) in [5, 5.41) is 0. The molecule has 0 saturated heterocycles. The molecule has 1 rings (SSSR count). The molecule has 0 amide bonds. The minimum absolute atomic E-state index is 0.161. The van der Waals surface area contributed by atoms with E-state index < -0.39 is 0 Å². The van der Waals surface area contributed by atoms with Crippen molar-refractivity contribution >= 4 is 18.8 Å². The van der Waals surface area contributed by atoms with Crippen molar-refractivity contribution in [1.29, 1.82) is 0 Å². The topological polar surface area (TPSA) is 95.2 Å². The molecule has 0 radical (unpaired) electrons. The molecule has 118 valence electrons. The van der Waals surface area contributed by atoms with Crippen molar-refractivity contribution in [2.45, 2.75) is 6.04 Å². The zero-order valence-electron chi connectivity index (χ0n) is 12.8. The SMILES string of the molecule is COc1ccc(/C=C/C(/C=C/CN=CN)N=CN)cc1OC. The van der Waals surface area contributed by atoms with Crippen molar-refractivity contribution < 1.29 is 9.47 Å². The molecule has 0 spiro atoms. The van der Waals surface area contributed by atoms with Crippen molar-refractivity contribution in [3.63, 3.8) is 0 Å². The van der Waals surface area contributed by atoms with Crippen LogP contribution >= 0.6 is 0 Å². The highest BCUT2D eigenvalue weighted by Crippen LogP contribution is 2.28. The minimum Gasteiger partial charge on any atom is -0.493 e. The Morgan fingerprint density at radius 1 is 1.09 bits per heavy atom. The first-order valence-electron chi connectivity index (χ1n) is 6.75. The van der Waals surface area contributed by atoms with E-state index in [0.717, 1.165) is 5.56 Å². The maximum atomic E-state index is 5.37. The van der Waals surface area contributed by atoms with Crippen LogP contribution in [0.25, 0.3) is 6.08 Å². The molecule has 0 aliphatic rings. The van der Waals surface area contributed by atoms with Gasteiger partial charge in [-0.25, -0.2) is 0 Å². The largest absolute Gasteiger partial charge is 0.493 e. The Balaban J connectivity index is 2.84. The Morgan fingerprint density at radius 3 is 2.50 bits per heavy atom. The molecular weight excluding hydrogens is 280 g/mol. The fourth-order valence-corrected chi connectivity index (χ4v) is 1.75. The molecule has 0 fully saturated rings. The van der Waals surface area contributed by atoms with Gasteiger partial charge in [-0.05, 0) is 17.7 Å². The van der Waals surface area contributed by atoms with Gasteiger partial charge < -0.3 is 20.9 Å². The van der Waals surface area contributed by atoms with Crippen LogP contribution in [-0.4, -0.2) is 39.5 Å². The Morgan fingerprint density at radius 2 is 1.86 bits per heavy atom. The van der Waals surface area contributed by atoms with Crippen LogP contribution < -0.4 is 20.9 Å². The minimum atomic E-state index is -0.161. The van der Waals surface area contributed by atoms with E-state index in [2.05, 4.69) is 9.98 Å². The van der Waals surface area contributed by atoms with E-state index in [0.29, 0.717) is 18.0 Å². The molecule has 0 saturated carbocycles. The fraction of sp³-hybridized carbons (Fsp3) is 0.250. The molecule has 0 aliphatic carbocycles. The first-order valence-corrected chi connectivity index (χ1v) is 6.75. The second kappa shape index (κ2) is 10.0. The van der Waals surface area contributed by atoms with Gasteiger partial charge in [0.15, 0.2) is 11.5 Å². The van der Waals surface area contributed by atoms with Crippen LogP contribution in [-0.2, 0) is 0 Å². The average molecular weight is 302 g/mol. The summed E-state index contributed by atoms with van der Waals surface area (Å²) in [6.45, 7) is 0.511. The molecule has 1 aromatic rings. The van der Waals surface area contributed by atoms with Gasteiger partial charge in [0, 0.05) is 0 Å². The molecule has 1 unspecified atom stereocenters. The Hall–Kier alpha value is -2.76. The van der Waals surface area contributed by atoms with Crippen LogP contribution in [0.3, 0.4) is 0 Å². The zero-order chi connectivity index (χ0) is 16.2. The van der Waals surface area contributed by atoms with Crippen LogP contribution in [0.4, 0.5) is 0 Å². The van der Waals surface area contributed by atoms with Gasteiger partial charge in [0.25, 0.3) is 0 Å². The predicted octanol–water partition coefficient (Wildman–Crippen LogP) is 1.62. The number of benzene rings is 1. The van der Waals surface area contributed by atoms with Gasteiger partial charge in [0.05, 0.1) is 39.5 Å². The monoisotopic (exact) mass is 302 g/mol. The number of hydrogen-bond acceptors (Lipinski definition) is 4. The summed E-state index contributed by atoms with van der Waals surface area (Å²) in [7, 11) is 3.21. The second-order valence-electron chi connectivity index (χ2n) is 4.20. The second-order valence-corrected chi connectivity index (χ2v) is 4.20. The summed E-state index contributed by atoms with van der Waals surface area (Å²) in [6, 6.07) is 5.52. The summed E-state index contributed by atoms with van der Waals surface area (Å²) in [4.78, 5) is 8.05. The number of hydrogen-bond donors (Lipinski definition) is 2. The standard InChI is InChI=1S/C16H22N4O2/c1-21-15-8-6-13(10-16(15)22-2)5-7-14(20-12-18)4-3-9-19-11-17/h3-8,10-12,14H,9H2,1-2H3,(H2,17,19)(H2,18,20)/b4-3+,7-5+. The van der Waals surface area contributed by atoms with E-state index in [4.69, 9.17) is 20.9 Å². The quantitative estimate of drug-likeness (QED) is 0.433. The van der Waals surface area contributed by atoms with E-state index in [1.165, 1.54) is 12.7 Å². The van der Waals surface area contributed by atoms with Crippen molar-refractivity contribution in [1.82, 2.24) is 0 Å². The van der Waals surface area contributed by atoms with Crippen LogP contribution in [0, 0.1) is 0 Å². The summed E-state index contributed by atoms with van der Waals surface area (Å²) >= 11 is 0. The molecule has 1 aromatic carbocycles. The van der Waals surface area contributed by atoms with Gasteiger partial charge in [-0.15, -0.1) is 0 Å². The lowest BCUT2D eigenvalue weighted by atomic mass is 10.1.